The number of nitrogens with zero attached hydrogens (tertiary/aromatic N) is 4. The van der Waals surface area contributed by atoms with Gasteiger partial charge >= 0.3 is 6.03 Å². The molecule has 1 saturated carbocycles. The van der Waals surface area contributed by atoms with E-state index >= 15 is 0 Å². The van der Waals surface area contributed by atoms with E-state index in [0.717, 1.165) is 29.0 Å². The summed E-state index contributed by atoms with van der Waals surface area (Å²) in [6.07, 6.45) is 5.25. The van der Waals surface area contributed by atoms with E-state index in [1.165, 1.54) is 11.3 Å². The minimum atomic E-state index is 0.00106. The van der Waals surface area contributed by atoms with E-state index in [1.54, 1.807) is 17.7 Å². The molecule has 122 valence electrons. The highest BCUT2D eigenvalue weighted by Crippen LogP contribution is 2.46. The lowest BCUT2D eigenvalue weighted by Gasteiger charge is -2.42. The topological polar surface area (TPSA) is 63.1 Å². The highest BCUT2D eigenvalue weighted by Gasteiger charge is 2.40. The molecule has 8 heteroatoms. The van der Waals surface area contributed by atoms with Crippen LogP contribution in [0.4, 0.5) is 4.79 Å². The third kappa shape index (κ3) is 2.78. The van der Waals surface area contributed by atoms with E-state index in [0.29, 0.717) is 19.6 Å². The molecular formula is C15H18BrN5OS. The van der Waals surface area contributed by atoms with Crippen molar-refractivity contribution >= 4 is 33.3 Å². The van der Waals surface area contributed by atoms with Crippen LogP contribution in [0, 0.1) is 0 Å². The molecule has 0 atom stereocenters. The van der Waals surface area contributed by atoms with Gasteiger partial charge in [0.1, 0.15) is 6.33 Å². The van der Waals surface area contributed by atoms with Crippen molar-refractivity contribution < 1.29 is 4.79 Å². The number of thiophene rings is 1. The van der Waals surface area contributed by atoms with E-state index < -0.39 is 0 Å². The van der Waals surface area contributed by atoms with Crippen LogP contribution >= 0.6 is 27.3 Å². The lowest BCUT2D eigenvalue weighted by molar-refractivity contribution is 0.171. The number of carbonyl (C=O) groups excluding carboxylic acids is 1. The van der Waals surface area contributed by atoms with Gasteiger partial charge in [-0.1, -0.05) is 6.42 Å². The van der Waals surface area contributed by atoms with Gasteiger partial charge in [0.05, 0.1) is 10.3 Å². The second-order valence-corrected chi connectivity index (χ2v) is 8.72. The van der Waals surface area contributed by atoms with Crippen molar-refractivity contribution in [3.05, 3.63) is 32.9 Å². The van der Waals surface area contributed by atoms with Gasteiger partial charge in [-0.3, -0.25) is 0 Å². The van der Waals surface area contributed by atoms with Gasteiger partial charge in [-0.15, -0.1) is 21.5 Å². The molecule has 4 rings (SSSR count). The fourth-order valence-corrected chi connectivity index (χ4v) is 4.94. The van der Waals surface area contributed by atoms with Crippen LogP contribution in [-0.2, 0) is 18.5 Å². The Balaban J connectivity index is 1.40. The molecule has 0 saturated heterocycles. The smallest absolute Gasteiger partial charge is 0.317 e. The molecule has 1 N–H and O–H groups in total. The zero-order chi connectivity index (χ0) is 15.9. The summed E-state index contributed by atoms with van der Waals surface area (Å²) in [6.45, 7) is 2.71. The molecule has 2 aromatic heterocycles. The monoisotopic (exact) mass is 395 g/mol. The van der Waals surface area contributed by atoms with Crippen molar-refractivity contribution in [2.24, 2.45) is 0 Å². The minimum Gasteiger partial charge on any atom is -0.337 e. The number of aromatic nitrogens is 3. The van der Waals surface area contributed by atoms with Gasteiger partial charge in [0.25, 0.3) is 0 Å². The maximum absolute atomic E-state index is 12.5. The van der Waals surface area contributed by atoms with E-state index in [4.69, 9.17) is 0 Å². The van der Waals surface area contributed by atoms with Crippen LogP contribution in [-0.4, -0.2) is 38.8 Å². The number of halogens is 1. The van der Waals surface area contributed by atoms with Gasteiger partial charge in [0.15, 0.2) is 5.82 Å². The van der Waals surface area contributed by atoms with Crippen LogP contribution < -0.4 is 5.32 Å². The minimum absolute atomic E-state index is 0.00106. The Hall–Kier alpha value is -1.41. The maximum atomic E-state index is 12.5. The summed E-state index contributed by atoms with van der Waals surface area (Å²) in [4.78, 5) is 15.7. The molecule has 0 aromatic carbocycles. The number of amides is 2. The average molecular weight is 396 g/mol. The fourth-order valence-electron chi connectivity index (χ4n) is 3.31. The Morgan fingerprint density at radius 2 is 2.26 bits per heavy atom. The molecule has 2 aromatic rings. The summed E-state index contributed by atoms with van der Waals surface area (Å²) in [7, 11) is 0. The van der Waals surface area contributed by atoms with Gasteiger partial charge in [-0.05, 0) is 40.9 Å². The summed E-state index contributed by atoms with van der Waals surface area (Å²) >= 11 is 5.32. The molecule has 2 aliphatic rings. The molecule has 1 aliphatic carbocycles. The fraction of sp³-hybridized carbons (Fsp3) is 0.533. The molecule has 0 radical (unpaired) electrons. The molecule has 3 heterocycles. The summed E-state index contributed by atoms with van der Waals surface area (Å²) in [5.41, 5.74) is 0.127. The zero-order valence-corrected chi connectivity index (χ0v) is 15.1. The average Bonchev–Trinajstić information content (AvgIpc) is 3.14. The van der Waals surface area contributed by atoms with Crippen molar-refractivity contribution in [3.63, 3.8) is 0 Å². The first-order valence-electron chi connectivity index (χ1n) is 7.82. The van der Waals surface area contributed by atoms with E-state index in [-0.39, 0.29) is 11.4 Å². The van der Waals surface area contributed by atoms with Crippen LogP contribution in [0.1, 0.15) is 30.0 Å². The third-order valence-electron chi connectivity index (χ3n) is 4.91. The highest BCUT2D eigenvalue weighted by molar-refractivity contribution is 9.11. The SMILES string of the molecule is O=C(NCC1(c2ccc(Br)s2)CCC1)N1CCn2cnnc2C1. The van der Waals surface area contributed by atoms with Crippen molar-refractivity contribution in [3.8, 4) is 0 Å². The predicted molar refractivity (Wildman–Crippen MR) is 91.4 cm³/mol. The molecule has 23 heavy (non-hydrogen) atoms. The largest absolute Gasteiger partial charge is 0.337 e. The first-order valence-corrected chi connectivity index (χ1v) is 9.43. The van der Waals surface area contributed by atoms with Crippen LogP contribution in [0.2, 0.25) is 0 Å². The number of rotatable bonds is 3. The second-order valence-electron chi connectivity index (χ2n) is 6.26. The summed E-state index contributed by atoms with van der Waals surface area (Å²) in [5, 5.41) is 11.1. The van der Waals surface area contributed by atoms with Gasteiger partial charge < -0.3 is 14.8 Å². The van der Waals surface area contributed by atoms with E-state index in [9.17, 15) is 4.79 Å². The van der Waals surface area contributed by atoms with Crippen LogP contribution in [0.25, 0.3) is 0 Å². The Bertz CT molecular complexity index is 723. The van der Waals surface area contributed by atoms with E-state index in [1.807, 2.05) is 9.47 Å². The summed E-state index contributed by atoms with van der Waals surface area (Å²) in [5.74, 6) is 0.854. The molecule has 0 unspecified atom stereocenters. The lowest BCUT2D eigenvalue weighted by atomic mass is 9.68. The van der Waals surface area contributed by atoms with Crippen LogP contribution in [0.3, 0.4) is 0 Å². The Kier molecular flexibility index (Phi) is 3.88. The first-order chi connectivity index (χ1) is 11.2. The quantitative estimate of drug-likeness (QED) is 0.868. The Morgan fingerprint density at radius 1 is 1.39 bits per heavy atom. The normalized spacial score (nSPS) is 19.1. The first kappa shape index (κ1) is 15.1. The van der Waals surface area contributed by atoms with Gasteiger partial charge in [-0.2, -0.15) is 0 Å². The third-order valence-corrected chi connectivity index (χ3v) is 6.78. The van der Waals surface area contributed by atoms with Crippen LogP contribution in [0.15, 0.2) is 22.2 Å². The van der Waals surface area contributed by atoms with Gasteiger partial charge in [-0.25, -0.2) is 4.79 Å². The number of urea groups is 1. The van der Waals surface area contributed by atoms with E-state index in [2.05, 4.69) is 43.6 Å². The molecular weight excluding hydrogens is 378 g/mol. The number of nitrogens with one attached hydrogen (secondary N) is 1. The highest BCUT2D eigenvalue weighted by atomic mass is 79.9. The lowest BCUT2D eigenvalue weighted by Crippen LogP contribution is -2.50. The summed E-state index contributed by atoms with van der Waals surface area (Å²) in [6, 6.07) is 4.28. The molecule has 2 amide bonds. The molecule has 1 fully saturated rings. The molecule has 0 spiro atoms. The standard InChI is InChI=1S/C15H18BrN5OS/c16-12-3-2-11(23-12)15(4-1-5-15)9-17-14(22)20-6-7-21-10-18-19-13(21)8-20/h2-3,10H,1,4-9H2,(H,17,22). The number of fused-ring (bicyclic) bond motifs is 1. The molecule has 0 bridgehead atoms. The van der Waals surface area contributed by atoms with Crippen molar-refractivity contribution in [1.29, 1.82) is 0 Å². The predicted octanol–water partition coefficient (Wildman–Crippen LogP) is 2.75. The molecule has 1 aliphatic heterocycles. The van der Waals surface area contributed by atoms with Crippen LogP contribution in [0.5, 0.6) is 0 Å². The zero-order valence-electron chi connectivity index (χ0n) is 12.7. The van der Waals surface area contributed by atoms with Crippen molar-refractivity contribution in [1.82, 2.24) is 25.0 Å². The molecule has 6 nitrogen and oxygen atoms in total. The number of carbonyl (C=O) groups is 1. The van der Waals surface area contributed by atoms with Gasteiger partial charge in [0, 0.05) is 29.9 Å². The van der Waals surface area contributed by atoms with Gasteiger partial charge in [0.2, 0.25) is 0 Å². The Labute approximate surface area is 147 Å². The number of hydrogen-bond donors (Lipinski definition) is 1. The Morgan fingerprint density at radius 3 is 2.96 bits per heavy atom. The second kappa shape index (κ2) is 5.90. The summed E-state index contributed by atoms with van der Waals surface area (Å²) < 4.78 is 3.15. The maximum Gasteiger partial charge on any atom is 0.317 e. The van der Waals surface area contributed by atoms with Crippen molar-refractivity contribution in [2.45, 2.75) is 37.8 Å². The van der Waals surface area contributed by atoms with Crippen molar-refractivity contribution in [2.75, 3.05) is 13.1 Å². The number of hydrogen-bond acceptors (Lipinski definition) is 4.